The minimum absolute atomic E-state index is 0. The molecule has 0 aliphatic rings. The van der Waals surface area contributed by atoms with Gasteiger partial charge in [-0.2, -0.15) is 8.42 Å². The van der Waals surface area contributed by atoms with Crippen molar-refractivity contribution in [3.63, 3.8) is 0 Å². The van der Waals surface area contributed by atoms with Crippen LogP contribution in [0.4, 0.5) is 0 Å². The van der Waals surface area contributed by atoms with Gasteiger partial charge in [0, 0.05) is 5.25 Å². The molecular weight excluding hydrogens is 251 g/mol. The van der Waals surface area contributed by atoms with Crippen LogP contribution in [0.3, 0.4) is 0 Å². The van der Waals surface area contributed by atoms with Gasteiger partial charge in [0.25, 0.3) is 10.1 Å². The molecule has 0 rings (SSSR count). The summed E-state index contributed by atoms with van der Waals surface area (Å²) in [5.74, 6) is -0.702. The Morgan fingerprint density at radius 1 is 1.40 bits per heavy atom. The van der Waals surface area contributed by atoms with E-state index in [0.29, 0.717) is 6.42 Å². The molecule has 0 radical (unpaired) electrons. The van der Waals surface area contributed by atoms with Gasteiger partial charge in [-0.3, -0.25) is 8.76 Å². The molecule has 0 aromatic rings. The second-order valence-electron chi connectivity index (χ2n) is 3.13. The smallest absolute Gasteiger partial charge is 0.772 e. The molecule has 2 atom stereocenters. The Morgan fingerprint density at radius 2 is 1.93 bits per heavy atom. The second kappa shape index (κ2) is 9.09. The summed E-state index contributed by atoms with van der Waals surface area (Å²) in [4.78, 5) is 0. The second-order valence-corrected chi connectivity index (χ2v) is 5.81. The van der Waals surface area contributed by atoms with Gasteiger partial charge in [0.2, 0.25) is 0 Å². The average molecular weight is 266 g/mol. The largest absolute Gasteiger partial charge is 1.00 e. The maximum absolute atomic E-state index is 10.6. The summed E-state index contributed by atoms with van der Waals surface area (Å²) in [6.45, 7) is 1.96. The van der Waals surface area contributed by atoms with Crippen LogP contribution >= 0.6 is 0 Å². The van der Waals surface area contributed by atoms with Crippen molar-refractivity contribution in [1.82, 2.24) is 0 Å². The summed E-state index contributed by atoms with van der Waals surface area (Å²) in [5, 5.41) is -0.989. The molecule has 0 aliphatic heterocycles. The zero-order valence-corrected chi connectivity index (χ0v) is 12.6. The van der Waals surface area contributed by atoms with Crippen LogP contribution in [0.1, 0.15) is 32.6 Å². The molecule has 15 heavy (non-hydrogen) atoms. The van der Waals surface area contributed by atoms with Gasteiger partial charge in [0.05, 0.1) is 5.75 Å². The summed E-state index contributed by atoms with van der Waals surface area (Å²) < 4.78 is 50.6. The fraction of sp³-hybridized carbons (Fsp3) is 1.00. The Bertz CT molecular complexity index is 277. The van der Waals surface area contributed by atoms with Crippen LogP contribution < -0.4 is 29.6 Å². The third-order valence-electron chi connectivity index (χ3n) is 1.80. The predicted octanol–water partition coefficient (Wildman–Crippen LogP) is -2.29. The summed E-state index contributed by atoms with van der Waals surface area (Å²) in [6, 6.07) is 0. The maximum atomic E-state index is 10.6. The van der Waals surface area contributed by atoms with E-state index in [0.717, 1.165) is 12.8 Å². The normalized spacial score (nSPS) is 15.4. The number of rotatable bonds is 7. The molecule has 0 bridgehead atoms. The van der Waals surface area contributed by atoms with E-state index >= 15 is 0 Å². The summed E-state index contributed by atoms with van der Waals surface area (Å²) in [7, 11) is -4.20. The third kappa shape index (κ3) is 11.3. The first-order valence-corrected chi connectivity index (χ1v) is 7.14. The van der Waals surface area contributed by atoms with E-state index in [9.17, 15) is 17.2 Å². The van der Waals surface area contributed by atoms with Gasteiger partial charge in [0.1, 0.15) is 0 Å². The zero-order chi connectivity index (χ0) is 11.2. The minimum atomic E-state index is -4.20. The van der Waals surface area contributed by atoms with E-state index in [1.54, 1.807) is 0 Å². The monoisotopic (exact) mass is 266 g/mol. The Labute approximate surface area is 115 Å². The molecule has 2 unspecified atom stereocenters. The number of unbranched alkanes of at least 4 members (excludes halogenated alkanes) is 2. The molecule has 8 heteroatoms. The van der Waals surface area contributed by atoms with Crippen molar-refractivity contribution < 1.29 is 51.3 Å². The van der Waals surface area contributed by atoms with Gasteiger partial charge in [-0.15, -0.1) is 0 Å². The molecule has 0 saturated carbocycles. The Balaban J connectivity index is 0. The molecule has 0 aromatic heterocycles. The van der Waals surface area contributed by atoms with E-state index in [2.05, 4.69) is 0 Å². The average Bonchev–Trinajstić information content (AvgIpc) is 2.00. The predicted molar refractivity (Wildman–Crippen MR) is 53.3 cm³/mol. The van der Waals surface area contributed by atoms with E-state index < -0.39 is 32.2 Å². The Kier molecular flexibility index (Phi) is 11.1. The van der Waals surface area contributed by atoms with Crippen LogP contribution in [0, 0.1) is 0 Å². The zero-order valence-electron chi connectivity index (χ0n) is 9.01. The molecule has 1 N–H and O–H groups in total. The Morgan fingerprint density at radius 3 is 2.27 bits per heavy atom. The summed E-state index contributed by atoms with van der Waals surface area (Å²) >= 11 is -2.44. The fourth-order valence-electron chi connectivity index (χ4n) is 1.09. The van der Waals surface area contributed by atoms with E-state index in [1.165, 1.54) is 0 Å². The van der Waals surface area contributed by atoms with Gasteiger partial charge in [-0.05, 0) is 6.42 Å². The molecule has 0 saturated heterocycles. The number of hydrogen-bond donors (Lipinski definition) is 1. The van der Waals surface area contributed by atoms with Crippen LogP contribution in [0.25, 0.3) is 0 Å². The van der Waals surface area contributed by atoms with Crippen molar-refractivity contribution in [2.75, 3.05) is 5.75 Å². The van der Waals surface area contributed by atoms with Gasteiger partial charge < -0.3 is 4.55 Å². The van der Waals surface area contributed by atoms with Crippen molar-refractivity contribution in [3.8, 4) is 0 Å². The van der Waals surface area contributed by atoms with E-state index in [1.807, 2.05) is 6.92 Å². The van der Waals surface area contributed by atoms with Crippen molar-refractivity contribution in [3.05, 3.63) is 0 Å². The quantitative estimate of drug-likeness (QED) is 0.242. The molecular formula is C7H15NaO5S2. The first-order valence-electron chi connectivity index (χ1n) is 4.40. The molecule has 5 nitrogen and oxygen atoms in total. The fourth-order valence-corrected chi connectivity index (χ4v) is 3.05. The molecule has 0 aliphatic carbocycles. The SMILES string of the molecule is CCCCCC(CS(=O)(=O)O)S(=O)[O-].[Na+]. The first kappa shape index (κ1) is 18.4. The minimum Gasteiger partial charge on any atom is -0.772 e. The van der Waals surface area contributed by atoms with E-state index in [4.69, 9.17) is 4.55 Å². The third-order valence-corrected chi connectivity index (χ3v) is 3.78. The molecule has 0 heterocycles. The van der Waals surface area contributed by atoms with Gasteiger partial charge in [-0.25, -0.2) is 0 Å². The summed E-state index contributed by atoms with van der Waals surface area (Å²) in [6.07, 6.45) is 2.73. The van der Waals surface area contributed by atoms with Crippen molar-refractivity contribution >= 4 is 21.2 Å². The van der Waals surface area contributed by atoms with Crippen LogP contribution in [0.2, 0.25) is 0 Å². The maximum Gasteiger partial charge on any atom is 1.00 e. The van der Waals surface area contributed by atoms with Crippen molar-refractivity contribution in [2.24, 2.45) is 0 Å². The number of hydrogen-bond acceptors (Lipinski definition) is 4. The van der Waals surface area contributed by atoms with Gasteiger partial charge in [-0.1, -0.05) is 37.3 Å². The summed E-state index contributed by atoms with van der Waals surface area (Å²) in [5.41, 5.74) is 0. The van der Waals surface area contributed by atoms with Crippen LogP contribution in [-0.2, 0) is 21.2 Å². The molecule has 0 spiro atoms. The van der Waals surface area contributed by atoms with Crippen LogP contribution in [0.15, 0.2) is 0 Å². The van der Waals surface area contributed by atoms with Crippen molar-refractivity contribution in [1.29, 1.82) is 0 Å². The molecule has 86 valence electrons. The van der Waals surface area contributed by atoms with E-state index in [-0.39, 0.29) is 36.0 Å². The van der Waals surface area contributed by atoms with Gasteiger partial charge in [0.15, 0.2) is 0 Å². The first-order chi connectivity index (χ1) is 6.37. The standard InChI is InChI=1S/C7H16O5S2.Na/c1-2-3-4-5-7(13(8)9)6-14(10,11)12;/h7H,2-6H2,1H3,(H,8,9)(H,10,11,12);/q;+1/p-1. The van der Waals surface area contributed by atoms with Crippen molar-refractivity contribution in [2.45, 2.75) is 37.9 Å². The topological polar surface area (TPSA) is 94.5 Å². The Hall–Kier alpha value is 1.02. The molecule has 0 amide bonds. The van der Waals surface area contributed by atoms with Gasteiger partial charge >= 0.3 is 29.6 Å². The molecule has 0 fully saturated rings. The van der Waals surface area contributed by atoms with Crippen LogP contribution in [0.5, 0.6) is 0 Å². The van der Waals surface area contributed by atoms with Crippen LogP contribution in [-0.4, -0.2) is 32.7 Å². The molecule has 0 aromatic carbocycles.